The quantitative estimate of drug-likeness (QED) is 0.727. The van der Waals surface area contributed by atoms with E-state index in [1.807, 2.05) is 0 Å². The predicted molar refractivity (Wildman–Crippen MR) is 95.5 cm³/mol. The number of imide groups is 1. The molecule has 1 saturated heterocycles. The number of rotatable bonds is 5. The van der Waals surface area contributed by atoms with Crippen molar-refractivity contribution in [3.8, 4) is 0 Å². The molecular formula is C21H29NO2. The smallest absolute Gasteiger partial charge is 0.233 e. The number of carbonyl (C=O) groups is 2. The van der Waals surface area contributed by atoms with Crippen molar-refractivity contribution in [2.75, 3.05) is 0 Å². The molecule has 0 spiro atoms. The molecule has 3 nitrogen and oxygen atoms in total. The molecule has 1 aliphatic heterocycles. The van der Waals surface area contributed by atoms with Crippen LogP contribution in [0.3, 0.4) is 0 Å². The van der Waals surface area contributed by atoms with Gasteiger partial charge < -0.3 is 0 Å². The summed E-state index contributed by atoms with van der Waals surface area (Å²) < 4.78 is 0. The molecule has 2 amide bonds. The van der Waals surface area contributed by atoms with Crippen LogP contribution in [0.15, 0.2) is 24.3 Å². The average Bonchev–Trinajstić information content (AvgIpc) is 2.88. The first-order valence-electron chi connectivity index (χ1n) is 9.55. The molecule has 1 heterocycles. The summed E-state index contributed by atoms with van der Waals surface area (Å²) in [5.74, 6) is 0.571. The first-order valence-corrected chi connectivity index (χ1v) is 9.55. The van der Waals surface area contributed by atoms with Crippen LogP contribution >= 0.6 is 0 Å². The van der Waals surface area contributed by atoms with Gasteiger partial charge in [-0.05, 0) is 42.7 Å². The molecule has 4 atom stereocenters. The highest BCUT2D eigenvalue weighted by molar-refractivity contribution is 6.05. The van der Waals surface area contributed by atoms with Crippen LogP contribution in [0.4, 0.5) is 0 Å². The highest BCUT2D eigenvalue weighted by Gasteiger charge is 2.50. The number of nitrogens with zero attached hydrogens (tertiary/aromatic N) is 1. The van der Waals surface area contributed by atoms with Crippen molar-refractivity contribution in [3.05, 3.63) is 35.4 Å². The van der Waals surface area contributed by atoms with E-state index in [2.05, 4.69) is 45.0 Å². The van der Waals surface area contributed by atoms with Crippen LogP contribution in [-0.2, 0) is 9.59 Å². The largest absolute Gasteiger partial charge is 0.274 e. The van der Waals surface area contributed by atoms with Crippen molar-refractivity contribution in [2.24, 2.45) is 11.8 Å². The minimum Gasteiger partial charge on any atom is -0.274 e. The Morgan fingerprint density at radius 3 is 1.88 bits per heavy atom. The molecule has 1 saturated carbocycles. The lowest BCUT2D eigenvalue weighted by molar-refractivity contribution is -0.143. The van der Waals surface area contributed by atoms with Gasteiger partial charge in [0.1, 0.15) is 0 Å². The number of hydrogen-bond donors (Lipinski definition) is 0. The minimum absolute atomic E-state index is 0.0558. The SMILES string of the molecule is CC[C@@H](C)c1ccc([C@H](CC)N2C(=O)[C@H]3CCCC[C@H]3C2=O)cc1. The van der Waals surface area contributed by atoms with Crippen LogP contribution in [-0.4, -0.2) is 16.7 Å². The van der Waals surface area contributed by atoms with Crippen molar-refractivity contribution in [2.45, 2.75) is 71.3 Å². The second kappa shape index (κ2) is 7.08. The Labute approximate surface area is 145 Å². The van der Waals surface area contributed by atoms with Gasteiger partial charge in [0.2, 0.25) is 11.8 Å². The Bertz CT molecular complexity index is 583. The van der Waals surface area contributed by atoms with Gasteiger partial charge in [-0.1, -0.05) is 57.9 Å². The van der Waals surface area contributed by atoms with Crippen LogP contribution in [0.2, 0.25) is 0 Å². The van der Waals surface area contributed by atoms with Crippen molar-refractivity contribution in [1.29, 1.82) is 0 Å². The Balaban J connectivity index is 1.85. The summed E-state index contributed by atoms with van der Waals surface area (Å²) in [5.41, 5.74) is 2.41. The third kappa shape index (κ3) is 2.89. The molecule has 130 valence electrons. The van der Waals surface area contributed by atoms with Gasteiger partial charge in [0.05, 0.1) is 17.9 Å². The maximum atomic E-state index is 12.9. The average molecular weight is 327 g/mol. The van der Waals surface area contributed by atoms with E-state index >= 15 is 0 Å². The lowest BCUT2D eigenvalue weighted by Crippen LogP contribution is -2.35. The van der Waals surface area contributed by atoms with Crippen molar-refractivity contribution < 1.29 is 9.59 Å². The topological polar surface area (TPSA) is 37.4 Å². The zero-order valence-corrected chi connectivity index (χ0v) is 15.1. The number of amides is 2. The third-order valence-electron chi connectivity index (χ3n) is 6.08. The Morgan fingerprint density at radius 2 is 1.42 bits per heavy atom. The molecule has 0 N–H and O–H groups in total. The maximum absolute atomic E-state index is 12.9. The van der Waals surface area contributed by atoms with Gasteiger partial charge in [-0.3, -0.25) is 14.5 Å². The van der Waals surface area contributed by atoms with Gasteiger partial charge in [0.15, 0.2) is 0 Å². The molecule has 24 heavy (non-hydrogen) atoms. The van der Waals surface area contributed by atoms with Crippen molar-refractivity contribution in [3.63, 3.8) is 0 Å². The first kappa shape index (κ1) is 17.2. The molecule has 3 rings (SSSR count). The van der Waals surface area contributed by atoms with Gasteiger partial charge in [-0.15, -0.1) is 0 Å². The number of carbonyl (C=O) groups excluding carboxylic acids is 2. The first-order chi connectivity index (χ1) is 11.6. The molecule has 1 aromatic carbocycles. The van der Waals surface area contributed by atoms with Crippen LogP contribution in [0.5, 0.6) is 0 Å². The minimum atomic E-state index is -0.110. The summed E-state index contributed by atoms with van der Waals surface area (Å²) in [5, 5.41) is 0. The fourth-order valence-electron chi connectivity index (χ4n) is 4.34. The molecular weight excluding hydrogens is 298 g/mol. The fourth-order valence-corrected chi connectivity index (χ4v) is 4.34. The third-order valence-corrected chi connectivity index (χ3v) is 6.08. The summed E-state index contributed by atoms with van der Waals surface area (Å²) in [6, 6.07) is 8.42. The predicted octanol–water partition coefficient (Wildman–Crippen LogP) is 4.83. The molecule has 2 fully saturated rings. The Hall–Kier alpha value is -1.64. The van der Waals surface area contributed by atoms with E-state index in [-0.39, 0.29) is 29.7 Å². The number of hydrogen-bond acceptors (Lipinski definition) is 2. The van der Waals surface area contributed by atoms with Crippen molar-refractivity contribution in [1.82, 2.24) is 4.90 Å². The lowest BCUT2D eigenvalue weighted by atomic mass is 9.81. The molecule has 0 unspecified atom stereocenters. The summed E-state index contributed by atoms with van der Waals surface area (Å²) >= 11 is 0. The van der Waals surface area contributed by atoms with Crippen LogP contribution < -0.4 is 0 Å². The molecule has 0 bridgehead atoms. The molecule has 1 aliphatic carbocycles. The van der Waals surface area contributed by atoms with E-state index in [1.165, 1.54) is 5.56 Å². The summed E-state index contributed by atoms with van der Waals surface area (Å²) in [7, 11) is 0. The highest BCUT2D eigenvalue weighted by atomic mass is 16.2. The van der Waals surface area contributed by atoms with E-state index in [4.69, 9.17) is 0 Å². The molecule has 1 aromatic rings. The summed E-state index contributed by atoms with van der Waals surface area (Å²) in [4.78, 5) is 27.3. The Kier molecular flexibility index (Phi) is 5.07. The lowest BCUT2D eigenvalue weighted by Gasteiger charge is -2.26. The van der Waals surface area contributed by atoms with Crippen LogP contribution in [0.1, 0.15) is 82.4 Å². The second-order valence-corrected chi connectivity index (χ2v) is 7.44. The van der Waals surface area contributed by atoms with Gasteiger partial charge in [0.25, 0.3) is 0 Å². The monoisotopic (exact) mass is 327 g/mol. The van der Waals surface area contributed by atoms with E-state index in [9.17, 15) is 9.59 Å². The number of benzene rings is 1. The molecule has 3 heteroatoms. The van der Waals surface area contributed by atoms with E-state index < -0.39 is 0 Å². The summed E-state index contributed by atoms with van der Waals surface area (Å²) in [6.07, 6.45) is 5.82. The molecule has 0 aromatic heterocycles. The van der Waals surface area contributed by atoms with Gasteiger partial charge >= 0.3 is 0 Å². The van der Waals surface area contributed by atoms with Crippen LogP contribution in [0, 0.1) is 11.8 Å². The second-order valence-electron chi connectivity index (χ2n) is 7.44. The zero-order chi connectivity index (χ0) is 17.3. The standard InChI is InChI=1S/C21H29NO2/c1-4-14(3)15-10-12-16(13-11-15)19(5-2)22-20(23)17-8-6-7-9-18(17)21(22)24/h10-14,17-19H,4-9H2,1-3H3/t14-,17-,18+,19+/m1/s1. The maximum Gasteiger partial charge on any atom is 0.233 e. The van der Waals surface area contributed by atoms with Crippen LogP contribution in [0.25, 0.3) is 0 Å². The zero-order valence-electron chi connectivity index (χ0n) is 15.1. The van der Waals surface area contributed by atoms with Crippen molar-refractivity contribution >= 4 is 11.8 Å². The number of likely N-dealkylation sites (tertiary alicyclic amines) is 1. The molecule has 0 radical (unpaired) electrons. The fraction of sp³-hybridized carbons (Fsp3) is 0.619. The van der Waals surface area contributed by atoms with Gasteiger partial charge in [-0.2, -0.15) is 0 Å². The summed E-state index contributed by atoms with van der Waals surface area (Å²) in [6.45, 7) is 6.48. The number of fused-ring (bicyclic) bond motifs is 1. The Morgan fingerprint density at radius 1 is 0.917 bits per heavy atom. The highest BCUT2D eigenvalue weighted by Crippen LogP contribution is 2.42. The van der Waals surface area contributed by atoms with Gasteiger partial charge in [0, 0.05) is 0 Å². The normalized spacial score (nSPS) is 26.4. The van der Waals surface area contributed by atoms with Gasteiger partial charge in [-0.25, -0.2) is 0 Å². The van der Waals surface area contributed by atoms with E-state index in [0.717, 1.165) is 44.1 Å². The van der Waals surface area contributed by atoms with E-state index in [0.29, 0.717) is 5.92 Å². The van der Waals surface area contributed by atoms with E-state index in [1.54, 1.807) is 4.90 Å². The molecule has 2 aliphatic rings.